The Morgan fingerprint density at radius 1 is 1.07 bits per heavy atom. The van der Waals surface area contributed by atoms with Gasteiger partial charge in [-0.25, -0.2) is 14.6 Å². The fourth-order valence-corrected chi connectivity index (χ4v) is 3.65. The van der Waals surface area contributed by atoms with Crippen LogP contribution in [0.5, 0.6) is 0 Å². The molecular weight excluding hydrogens is 380 g/mol. The molecule has 0 spiro atoms. The molecular formula is C21H20N8O. The van der Waals surface area contributed by atoms with Gasteiger partial charge >= 0.3 is 0 Å². The quantitative estimate of drug-likeness (QED) is 0.412. The van der Waals surface area contributed by atoms with Crippen LogP contribution in [-0.4, -0.2) is 29.8 Å². The Morgan fingerprint density at radius 3 is 2.67 bits per heavy atom. The van der Waals surface area contributed by atoms with E-state index in [-0.39, 0.29) is 5.82 Å². The molecule has 5 N–H and O–H groups in total. The number of nitrogens with one attached hydrogen (secondary N) is 1. The van der Waals surface area contributed by atoms with E-state index in [4.69, 9.17) is 26.1 Å². The van der Waals surface area contributed by atoms with Gasteiger partial charge in [0.1, 0.15) is 11.2 Å². The van der Waals surface area contributed by atoms with Gasteiger partial charge in [0, 0.05) is 36.6 Å². The first-order chi connectivity index (χ1) is 14.7. The summed E-state index contributed by atoms with van der Waals surface area (Å²) in [6, 6.07) is 12.1. The smallest absolute Gasteiger partial charge is 0.199 e. The predicted molar refractivity (Wildman–Crippen MR) is 114 cm³/mol. The predicted octanol–water partition coefficient (Wildman–Crippen LogP) is 3.20. The molecule has 0 unspecified atom stereocenters. The van der Waals surface area contributed by atoms with Crippen LogP contribution in [0.1, 0.15) is 12.5 Å². The SMILES string of the molecule is CCn1c(-c2nonc2N)nc2c(-c3cc[nH]c3)nc(-c3cccc(CN)c3)cc21. The summed E-state index contributed by atoms with van der Waals surface area (Å²) in [5, 5.41) is 7.65. The second kappa shape index (κ2) is 7.12. The number of aryl methyl sites for hydroxylation is 1. The molecule has 30 heavy (non-hydrogen) atoms. The number of benzene rings is 1. The number of hydrogen-bond donors (Lipinski definition) is 3. The van der Waals surface area contributed by atoms with Crippen LogP contribution in [0.15, 0.2) is 53.4 Å². The first-order valence-corrected chi connectivity index (χ1v) is 9.61. The molecule has 0 saturated heterocycles. The van der Waals surface area contributed by atoms with E-state index in [1.54, 1.807) is 0 Å². The first-order valence-electron chi connectivity index (χ1n) is 9.61. The molecule has 150 valence electrons. The van der Waals surface area contributed by atoms with E-state index in [1.165, 1.54) is 0 Å². The number of aromatic amines is 1. The maximum Gasteiger partial charge on any atom is 0.199 e. The fraction of sp³-hybridized carbons (Fsp3) is 0.143. The van der Waals surface area contributed by atoms with Crippen molar-refractivity contribution in [3.8, 4) is 34.0 Å². The molecule has 5 rings (SSSR count). The van der Waals surface area contributed by atoms with Gasteiger partial charge in [0.15, 0.2) is 17.3 Å². The van der Waals surface area contributed by atoms with Crippen LogP contribution in [0.4, 0.5) is 5.82 Å². The first kappa shape index (κ1) is 18.1. The maximum absolute atomic E-state index is 5.95. The van der Waals surface area contributed by atoms with Crippen LogP contribution in [-0.2, 0) is 13.1 Å². The second-order valence-electron chi connectivity index (χ2n) is 6.91. The van der Waals surface area contributed by atoms with Gasteiger partial charge in [-0.05, 0) is 41.0 Å². The zero-order valence-electron chi connectivity index (χ0n) is 16.3. The summed E-state index contributed by atoms with van der Waals surface area (Å²) in [6.45, 7) is 3.17. The summed E-state index contributed by atoms with van der Waals surface area (Å²) in [4.78, 5) is 12.9. The van der Waals surface area contributed by atoms with Gasteiger partial charge in [0.25, 0.3) is 0 Å². The van der Waals surface area contributed by atoms with Gasteiger partial charge in [0.05, 0.1) is 11.2 Å². The summed E-state index contributed by atoms with van der Waals surface area (Å²) in [5.74, 6) is 0.796. The number of rotatable bonds is 5. The minimum atomic E-state index is 0.201. The lowest BCUT2D eigenvalue weighted by Crippen LogP contribution is -2.00. The minimum absolute atomic E-state index is 0.201. The Morgan fingerprint density at radius 2 is 1.97 bits per heavy atom. The molecule has 0 atom stereocenters. The van der Waals surface area contributed by atoms with Crippen LogP contribution in [0.2, 0.25) is 0 Å². The number of pyridine rings is 1. The second-order valence-corrected chi connectivity index (χ2v) is 6.91. The van der Waals surface area contributed by atoms with Crippen molar-refractivity contribution in [2.24, 2.45) is 5.73 Å². The van der Waals surface area contributed by atoms with Crippen molar-refractivity contribution >= 4 is 16.9 Å². The van der Waals surface area contributed by atoms with E-state index in [1.807, 2.05) is 54.2 Å². The van der Waals surface area contributed by atoms with Gasteiger partial charge in [-0.1, -0.05) is 18.2 Å². The summed E-state index contributed by atoms with van der Waals surface area (Å²) in [6.07, 6.45) is 3.76. The van der Waals surface area contributed by atoms with E-state index < -0.39 is 0 Å². The Hall–Kier alpha value is -3.98. The molecule has 4 aromatic heterocycles. The number of imidazole rings is 1. The standard InChI is InChI=1S/C21H20N8O/c1-2-29-16-9-15(13-5-3-4-12(8-13)10-22)25-17(14-6-7-24-11-14)18(16)26-21(29)19-20(23)28-30-27-19/h3-9,11,24H,2,10,22H2,1H3,(H2,23,28). The van der Waals surface area contributed by atoms with Crippen molar-refractivity contribution in [3.05, 3.63) is 54.4 Å². The van der Waals surface area contributed by atoms with E-state index in [0.717, 1.165) is 39.1 Å². The van der Waals surface area contributed by atoms with Crippen molar-refractivity contribution in [2.45, 2.75) is 20.0 Å². The molecule has 0 fully saturated rings. The molecule has 9 nitrogen and oxygen atoms in total. The minimum Gasteiger partial charge on any atom is -0.379 e. The molecule has 0 aliphatic rings. The average molecular weight is 400 g/mol. The van der Waals surface area contributed by atoms with Crippen molar-refractivity contribution in [3.63, 3.8) is 0 Å². The summed E-state index contributed by atoms with van der Waals surface area (Å²) >= 11 is 0. The van der Waals surface area contributed by atoms with Crippen molar-refractivity contribution in [2.75, 3.05) is 5.73 Å². The molecule has 0 bridgehead atoms. The Bertz CT molecular complexity index is 1330. The third-order valence-electron chi connectivity index (χ3n) is 5.11. The number of nitrogen functional groups attached to an aromatic ring is 1. The lowest BCUT2D eigenvalue weighted by molar-refractivity contribution is 0.310. The molecule has 5 aromatic rings. The molecule has 9 heteroatoms. The largest absolute Gasteiger partial charge is 0.379 e. The fourth-order valence-electron chi connectivity index (χ4n) is 3.65. The molecule has 1 aromatic carbocycles. The van der Waals surface area contributed by atoms with Crippen LogP contribution in [0.25, 0.3) is 45.1 Å². The lowest BCUT2D eigenvalue weighted by Gasteiger charge is -2.09. The van der Waals surface area contributed by atoms with Crippen molar-refractivity contribution in [1.82, 2.24) is 29.8 Å². The summed E-state index contributed by atoms with van der Waals surface area (Å²) in [5.41, 5.74) is 18.5. The van der Waals surface area contributed by atoms with Crippen molar-refractivity contribution in [1.29, 1.82) is 0 Å². The molecule has 0 aliphatic heterocycles. The number of aromatic nitrogens is 6. The third-order valence-corrected chi connectivity index (χ3v) is 5.11. The van der Waals surface area contributed by atoms with Crippen LogP contribution in [0.3, 0.4) is 0 Å². The zero-order chi connectivity index (χ0) is 20.7. The van der Waals surface area contributed by atoms with Crippen LogP contribution < -0.4 is 11.5 Å². The molecule has 0 saturated carbocycles. The highest BCUT2D eigenvalue weighted by Crippen LogP contribution is 2.34. The van der Waals surface area contributed by atoms with E-state index in [9.17, 15) is 0 Å². The Kier molecular flexibility index (Phi) is 4.29. The Balaban J connectivity index is 1.83. The summed E-state index contributed by atoms with van der Waals surface area (Å²) in [7, 11) is 0. The number of anilines is 1. The molecule has 0 aliphatic carbocycles. The molecule has 0 radical (unpaired) electrons. The number of H-pyrrole nitrogens is 1. The third kappa shape index (κ3) is 2.83. The number of nitrogens with zero attached hydrogens (tertiary/aromatic N) is 5. The normalized spacial score (nSPS) is 11.4. The monoisotopic (exact) mass is 400 g/mol. The number of hydrogen-bond acceptors (Lipinski definition) is 7. The van der Waals surface area contributed by atoms with Gasteiger partial charge < -0.3 is 21.0 Å². The maximum atomic E-state index is 5.95. The highest BCUT2D eigenvalue weighted by atomic mass is 16.6. The van der Waals surface area contributed by atoms with E-state index in [2.05, 4.69) is 21.4 Å². The highest BCUT2D eigenvalue weighted by molar-refractivity contribution is 5.95. The van der Waals surface area contributed by atoms with E-state index >= 15 is 0 Å². The zero-order valence-corrected chi connectivity index (χ0v) is 16.3. The summed E-state index contributed by atoms with van der Waals surface area (Å²) < 4.78 is 6.85. The lowest BCUT2D eigenvalue weighted by atomic mass is 10.1. The molecule has 0 amide bonds. The van der Waals surface area contributed by atoms with Crippen molar-refractivity contribution < 1.29 is 4.63 Å². The van der Waals surface area contributed by atoms with Gasteiger partial charge in [-0.2, -0.15) is 0 Å². The highest BCUT2D eigenvalue weighted by Gasteiger charge is 2.22. The average Bonchev–Trinajstić information content (AvgIpc) is 3.52. The van der Waals surface area contributed by atoms with Crippen LogP contribution >= 0.6 is 0 Å². The van der Waals surface area contributed by atoms with Gasteiger partial charge in [-0.15, -0.1) is 0 Å². The van der Waals surface area contributed by atoms with Crippen LogP contribution in [0, 0.1) is 0 Å². The number of nitrogens with two attached hydrogens (primary N) is 2. The van der Waals surface area contributed by atoms with Gasteiger partial charge in [0.2, 0.25) is 0 Å². The topological polar surface area (TPSA) is 137 Å². The Labute approximate surface area is 171 Å². The number of fused-ring (bicyclic) bond motifs is 1. The van der Waals surface area contributed by atoms with E-state index in [0.29, 0.717) is 24.6 Å². The van der Waals surface area contributed by atoms with Gasteiger partial charge in [-0.3, -0.25) is 0 Å². The molecule has 4 heterocycles.